The van der Waals surface area contributed by atoms with Crippen LogP contribution in [0.1, 0.15) is 44.2 Å². The van der Waals surface area contributed by atoms with E-state index < -0.39 is 34.8 Å². The predicted molar refractivity (Wildman–Crippen MR) is 142 cm³/mol. The number of nitrogens with one attached hydrogen (secondary N) is 1. The van der Waals surface area contributed by atoms with Gasteiger partial charge in [-0.3, -0.25) is 10.3 Å². The number of ether oxygens (including phenoxy) is 3. The van der Waals surface area contributed by atoms with Crippen molar-refractivity contribution in [2.75, 3.05) is 0 Å². The average molecular weight is 548 g/mol. The van der Waals surface area contributed by atoms with Crippen LogP contribution in [0.2, 0.25) is 0 Å². The molecule has 1 fully saturated rings. The van der Waals surface area contributed by atoms with Crippen molar-refractivity contribution >= 4 is 35.2 Å². The van der Waals surface area contributed by atoms with Gasteiger partial charge in [0.1, 0.15) is 6.61 Å². The van der Waals surface area contributed by atoms with Gasteiger partial charge in [-0.1, -0.05) is 95.9 Å². The van der Waals surface area contributed by atoms with E-state index in [0.29, 0.717) is 25.8 Å². The number of carbonyl (C=O) groups excluding carboxylic acids is 1. The number of hydrogen-bond acceptors (Lipinski definition) is 6. The summed E-state index contributed by atoms with van der Waals surface area (Å²) in [5, 5.41) is 11.8. The van der Waals surface area contributed by atoms with Gasteiger partial charge in [0.25, 0.3) is 0 Å². The Balaban J connectivity index is 1.82. The summed E-state index contributed by atoms with van der Waals surface area (Å²) < 4.78 is 15.9. The lowest BCUT2D eigenvalue weighted by molar-refractivity contribution is -0.182. The second-order valence-corrected chi connectivity index (χ2v) is 10.6. The number of nitrogens with zero attached hydrogens (tertiary/aromatic N) is 4. The number of halogens is 2. The van der Waals surface area contributed by atoms with Gasteiger partial charge in [0.05, 0.1) is 18.2 Å². The molecule has 11 heteroatoms. The van der Waals surface area contributed by atoms with Crippen LogP contribution in [0.4, 0.5) is 4.79 Å². The topological polar surface area (TPSA) is 121 Å². The fraction of sp³-hybridized carbons (Fsp3) is 0.462. The van der Waals surface area contributed by atoms with E-state index in [1.54, 1.807) is 4.90 Å². The van der Waals surface area contributed by atoms with Crippen LogP contribution in [0.3, 0.4) is 0 Å². The Labute approximate surface area is 226 Å². The van der Waals surface area contributed by atoms with Gasteiger partial charge in [-0.05, 0) is 42.8 Å². The first-order chi connectivity index (χ1) is 17.7. The fourth-order valence-electron chi connectivity index (χ4n) is 4.17. The molecule has 9 nitrogen and oxygen atoms in total. The van der Waals surface area contributed by atoms with Crippen molar-refractivity contribution in [3.05, 3.63) is 82.2 Å². The molecule has 198 valence electrons. The lowest BCUT2D eigenvalue weighted by Crippen LogP contribution is -2.52. The molecule has 0 aromatic heterocycles. The third kappa shape index (κ3) is 8.27. The van der Waals surface area contributed by atoms with Gasteiger partial charge in [-0.15, -0.1) is 0 Å². The molecule has 0 saturated carbocycles. The molecular weight excluding hydrogens is 517 g/mol. The van der Waals surface area contributed by atoms with Gasteiger partial charge in [-0.2, -0.15) is 0 Å². The van der Waals surface area contributed by atoms with Crippen molar-refractivity contribution in [1.82, 2.24) is 4.90 Å². The molecule has 1 aliphatic rings. The Kier molecular flexibility index (Phi) is 10.5. The second kappa shape index (κ2) is 13.5. The Bertz CT molecular complexity index is 1080. The lowest BCUT2D eigenvalue weighted by atomic mass is 9.95. The lowest BCUT2D eigenvalue weighted by Gasteiger charge is -2.41. The molecule has 2 aromatic rings. The Morgan fingerprint density at radius 1 is 1.19 bits per heavy atom. The van der Waals surface area contributed by atoms with Crippen LogP contribution in [0.15, 0.2) is 65.8 Å². The molecule has 1 amide bonds. The highest BCUT2D eigenvalue weighted by molar-refractivity contribution is 6.57. The summed E-state index contributed by atoms with van der Waals surface area (Å²) in [5.74, 6) is -0.420. The maximum atomic E-state index is 13.4. The zero-order valence-corrected chi connectivity index (χ0v) is 22.3. The average Bonchev–Trinajstić information content (AvgIpc) is 2.89. The first-order valence-electron chi connectivity index (χ1n) is 12.1. The molecule has 2 aromatic carbocycles. The SMILES string of the molecule is CCC(C1CCC(N=[N+]=[N-])C(OC(=N)C(C)(Cl)Cl)O1)N(Cc1ccccc1)C(=O)OCc1ccccc1. The Morgan fingerprint density at radius 3 is 2.38 bits per heavy atom. The maximum Gasteiger partial charge on any atom is 0.410 e. The van der Waals surface area contributed by atoms with Crippen LogP contribution in [0, 0.1) is 5.41 Å². The van der Waals surface area contributed by atoms with Gasteiger partial charge < -0.3 is 14.2 Å². The van der Waals surface area contributed by atoms with Gasteiger partial charge in [-0.25, -0.2) is 4.79 Å². The minimum Gasteiger partial charge on any atom is -0.449 e. The number of alkyl halides is 2. The van der Waals surface area contributed by atoms with Gasteiger partial charge in [0.15, 0.2) is 4.33 Å². The zero-order valence-electron chi connectivity index (χ0n) is 20.8. The van der Waals surface area contributed by atoms with E-state index in [1.165, 1.54) is 6.92 Å². The summed E-state index contributed by atoms with van der Waals surface area (Å²) in [7, 11) is 0. The Morgan fingerprint density at radius 2 is 1.81 bits per heavy atom. The van der Waals surface area contributed by atoms with E-state index in [1.807, 2.05) is 67.6 Å². The third-order valence-electron chi connectivity index (χ3n) is 6.09. The molecule has 1 N–H and O–H groups in total. The third-order valence-corrected chi connectivity index (χ3v) is 6.43. The van der Waals surface area contributed by atoms with E-state index >= 15 is 0 Å². The number of hydrogen-bond donors (Lipinski definition) is 1. The summed E-state index contributed by atoms with van der Waals surface area (Å²) in [6.45, 7) is 3.82. The van der Waals surface area contributed by atoms with Gasteiger partial charge in [0, 0.05) is 11.5 Å². The number of benzene rings is 2. The first kappa shape index (κ1) is 28.6. The van der Waals surface area contributed by atoms with E-state index in [9.17, 15) is 4.79 Å². The number of rotatable bonds is 10. The van der Waals surface area contributed by atoms with Crippen molar-refractivity contribution in [3.8, 4) is 0 Å². The Hall–Kier alpha value is -2.97. The van der Waals surface area contributed by atoms with Crippen molar-refractivity contribution in [2.45, 2.75) is 75.1 Å². The summed E-state index contributed by atoms with van der Waals surface area (Å²) in [4.78, 5) is 17.9. The summed E-state index contributed by atoms with van der Waals surface area (Å²) >= 11 is 12.0. The number of amides is 1. The highest BCUT2D eigenvalue weighted by Gasteiger charge is 2.41. The van der Waals surface area contributed by atoms with Crippen LogP contribution >= 0.6 is 23.2 Å². The van der Waals surface area contributed by atoms with Crippen molar-refractivity contribution in [2.24, 2.45) is 5.11 Å². The maximum absolute atomic E-state index is 13.4. The summed E-state index contributed by atoms with van der Waals surface area (Å²) in [6.07, 6.45) is -0.518. The van der Waals surface area contributed by atoms with Crippen LogP contribution in [-0.4, -0.2) is 45.7 Å². The van der Waals surface area contributed by atoms with E-state index in [4.69, 9.17) is 48.4 Å². The van der Waals surface area contributed by atoms with Crippen molar-refractivity contribution in [3.63, 3.8) is 0 Å². The van der Waals surface area contributed by atoms with Crippen LogP contribution in [0.5, 0.6) is 0 Å². The van der Waals surface area contributed by atoms with Crippen LogP contribution in [-0.2, 0) is 27.4 Å². The molecule has 0 bridgehead atoms. The number of azide groups is 1. The first-order valence-corrected chi connectivity index (χ1v) is 12.8. The molecule has 1 heterocycles. The number of carbonyl (C=O) groups is 1. The van der Waals surface area contributed by atoms with Crippen molar-refractivity contribution in [1.29, 1.82) is 5.41 Å². The minimum atomic E-state index is -1.58. The highest BCUT2D eigenvalue weighted by Crippen LogP contribution is 2.32. The molecule has 37 heavy (non-hydrogen) atoms. The molecule has 0 spiro atoms. The van der Waals surface area contributed by atoms with E-state index in [2.05, 4.69) is 10.0 Å². The normalized spacial score (nSPS) is 20.3. The van der Waals surface area contributed by atoms with Crippen LogP contribution < -0.4 is 0 Å². The quantitative estimate of drug-likeness (QED) is 0.0860. The molecule has 4 atom stereocenters. The molecule has 4 unspecified atom stereocenters. The van der Waals surface area contributed by atoms with E-state index in [-0.39, 0.29) is 12.6 Å². The monoisotopic (exact) mass is 547 g/mol. The van der Waals surface area contributed by atoms with Gasteiger partial charge in [0.2, 0.25) is 12.2 Å². The largest absolute Gasteiger partial charge is 0.449 e. The standard InChI is InChI=1S/C26H31Cl2N5O4/c1-3-21(22-15-14-20(31-32-30)23(36-22)37-24(29)26(2,27)28)33(16-18-10-6-4-7-11-18)25(34)35-17-19-12-8-5-9-13-19/h4-13,20-23,29H,3,14-17H2,1-2H3. The molecule has 1 saturated heterocycles. The highest BCUT2D eigenvalue weighted by atomic mass is 35.5. The minimum absolute atomic E-state index is 0.138. The summed E-state index contributed by atoms with van der Waals surface area (Å²) in [5.41, 5.74) is 10.8. The molecule has 0 radical (unpaired) electrons. The molecule has 0 aliphatic carbocycles. The van der Waals surface area contributed by atoms with Gasteiger partial charge >= 0.3 is 6.09 Å². The molecular formula is C26H31Cl2N5O4. The fourth-order valence-corrected chi connectivity index (χ4v) is 4.26. The predicted octanol–water partition coefficient (Wildman–Crippen LogP) is 6.98. The summed E-state index contributed by atoms with van der Waals surface area (Å²) in [6, 6.07) is 18.0. The molecule has 3 rings (SSSR count). The molecule has 1 aliphatic heterocycles. The zero-order chi connectivity index (χ0) is 26.8. The van der Waals surface area contributed by atoms with Crippen molar-refractivity contribution < 1.29 is 19.0 Å². The van der Waals surface area contributed by atoms with Crippen LogP contribution in [0.25, 0.3) is 10.4 Å². The second-order valence-electron chi connectivity index (χ2n) is 8.86. The smallest absolute Gasteiger partial charge is 0.410 e. The van der Waals surface area contributed by atoms with E-state index in [0.717, 1.165) is 11.1 Å².